The molecule has 0 aliphatic heterocycles. The number of likely N-dealkylation sites (N-methyl/N-ethyl adjacent to an activating group) is 1. The molecule has 0 unspecified atom stereocenters. The van der Waals surface area contributed by atoms with E-state index in [1.54, 1.807) is 12.4 Å². The molecule has 0 aliphatic rings. The summed E-state index contributed by atoms with van der Waals surface area (Å²) in [6, 6.07) is 4.02. The predicted octanol–water partition coefficient (Wildman–Crippen LogP) is 1.78. The highest BCUT2D eigenvalue weighted by atomic mass is 16.1. The van der Waals surface area contributed by atoms with Crippen molar-refractivity contribution < 1.29 is 4.79 Å². The largest absolute Gasteiger partial charge is 0.299 e. The van der Waals surface area contributed by atoms with Crippen molar-refractivity contribution >= 4 is 5.78 Å². The van der Waals surface area contributed by atoms with Gasteiger partial charge in [-0.1, -0.05) is 13.8 Å². The fourth-order valence-corrected chi connectivity index (χ4v) is 1.40. The summed E-state index contributed by atoms with van der Waals surface area (Å²) in [7, 11) is 1.99. The van der Waals surface area contributed by atoms with Gasteiger partial charge in [-0.25, -0.2) is 0 Å². The molecule has 1 aromatic heterocycles. The Morgan fingerprint density at radius 1 is 1.38 bits per heavy atom. The van der Waals surface area contributed by atoms with Crippen LogP contribution in [0.3, 0.4) is 0 Å². The summed E-state index contributed by atoms with van der Waals surface area (Å²) < 4.78 is 0. The highest BCUT2D eigenvalue weighted by Gasteiger charge is 2.09. The maximum Gasteiger partial charge on any atom is 0.149 e. The Hall–Kier alpha value is -1.22. The fraction of sp³-hybridized carbons (Fsp3) is 0.538. The zero-order valence-corrected chi connectivity index (χ0v) is 10.3. The van der Waals surface area contributed by atoms with Gasteiger partial charge in [0, 0.05) is 24.9 Å². The van der Waals surface area contributed by atoms with Crippen LogP contribution in [0.5, 0.6) is 0 Å². The van der Waals surface area contributed by atoms with Gasteiger partial charge in [0.1, 0.15) is 5.78 Å². The second kappa shape index (κ2) is 6.38. The monoisotopic (exact) mass is 220 g/mol. The van der Waals surface area contributed by atoms with Crippen molar-refractivity contribution in [2.45, 2.75) is 20.3 Å². The first-order chi connectivity index (χ1) is 7.59. The molecule has 0 amide bonds. The van der Waals surface area contributed by atoms with Crippen LogP contribution in [0.1, 0.15) is 19.4 Å². The van der Waals surface area contributed by atoms with E-state index in [9.17, 15) is 4.79 Å². The Kier molecular flexibility index (Phi) is 5.12. The van der Waals surface area contributed by atoms with E-state index in [1.807, 2.05) is 33.0 Å². The second-order valence-corrected chi connectivity index (χ2v) is 4.46. The van der Waals surface area contributed by atoms with Gasteiger partial charge in [-0.3, -0.25) is 14.7 Å². The summed E-state index contributed by atoms with van der Waals surface area (Å²) in [4.78, 5) is 17.6. The second-order valence-electron chi connectivity index (χ2n) is 4.46. The molecule has 0 aliphatic carbocycles. The topological polar surface area (TPSA) is 33.2 Å². The molecule has 3 nitrogen and oxygen atoms in total. The number of rotatable bonds is 6. The first-order valence-electron chi connectivity index (χ1n) is 5.69. The van der Waals surface area contributed by atoms with Crippen molar-refractivity contribution in [3.63, 3.8) is 0 Å². The van der Waals surface area contributed by atoms with Crippen LogP contribution in [-0.2, 0) is 11.2 Å². The van der Waals surface area contributed by atoms with E-state index in [0.717, 1.165) is 13.0 Å². The van der Waals surface area contributed by atoms with Crippen LogP contribution in [0.4, 0.5) is 0 Å². The molecule has 0 saturated heterocycles. The van der Waals surface area contributed by atoms with Crippen molar-refractivity contribution in [1.29, 1.82) is 0 Å². The van der Waals surface area contributed by atoms with Crippen molar-refractivity contribution in [2.75, 3.05) is 20.1 Å². The maximum absolute atomic E-state index is 11.5. The summed E-state index contributed by atoms with van der Waals surface area (Å²) in [6.07, 6.45) is 4.56. The molecule has 1 rings (SSSR count). The molecule has 0 spiro atoms. The molecule has 3 heteroatoms. The number of hydrogen-bond acceptors (Lipinski definition) is 3. The van der Waals surface area contributed by atoms with Crippen LogP contribution in [0, 0.1) is 5.92 Å². The minimum Gasteiger partial charge on any atom is -0.299 e. The van der Waals surface area contributed by atoms with Gasteiger partial charge in [-0.05, 0) is 31.2 Å². The van der Waals surface area contributed by atoms with Crippen LogP contribution in [0.25, 0.3) is 0 Å². The Balaban J connectivity index is 2.30. The standard InChI is InChI=1S/C13H20N2O/c1-11(2)13(16)10-15(3)9-6-12-4-7-14-8-5-12/h4-5,7-8,11H,6,9-10H2,1-3H3. The normalized spacial score (nSPS) is 11.1. The lowest BCUT2D eigenvalue weighted by Gasteiger charge is -2.16. The first-order valence-corrected chi connectivity index (χ1v) is 5.69. The molecule has 0 radical (unpaired) electrons. The maximum atomic E-state index is 11.5. The fourth-order valence-electron chi connectivity index (χ4n) is 1.40. The van der Waals surface area contributed by atoms with Crippen LogP contribution in [0.15, 0.2) is 24.5 Å². The highest BCUT2D eigenvalue weighted by molar-refractivity contribution is 5.82. The van der Waals surface area contributed by atoms with Gasteiger partial charge < -0.3 is 0 Å². The summed E-state index contributed by atoms with van der Waals surface area (Å²) in [5.41, 5.74) is 1.26. The van der Waals surface area contributed by atoms with E-state index < -0.39 is 0 Å². The van der Waals surface area contributed by atoms with Crippen molar-refractivity contribution in [1.82, 2.24) is 9.88 Å². The minimum absolute atomic E-state index is 0.128. The molecule has 0 saturated carbocycles. The molecular formula is C13H20N2O. The average molecular weight is 220 g/mol. The third-order valence-electron chi connectivity index (χ3n) is 2.60. The molecule has 0 atom stereocenters. The number of nitrogens with zero attached hydrogens (tertiary/aromatic N) is 2. The van der Waals surface area contributed by atoms with Crippen molar-refractivity contribution in [3.05, 3.63) is 30.1 Å². The molecule has 16 heavy (non-hydrogen) atoms. The van der Waals surface area contributed by atoms with Crippen molar-refractivity contribution in [2.24, 2.45) is 5.92 Å². The Labute approximate surface area is 97.5 Å². The molecule has 0 bridgehead atoms. The number of Topliss-reactive ketones (excluding diaryl/α,β-unsaturated/α-hetero) is 1. The number of aromatic nitrogens is 1. The van der Waals surface area contributed by atoms with Crippen molar-refractivity contribution in [3.8, 4) is 0 Å². The molecule has 0 fully saturated rings. The Bertz CT molecular complexity index is 322. The van der Waals surface area contributed by atoms with Gasteiger partial charge in [-0.15, -0.1) is 0 Å². The number of carbonyl (C=O) groups excluding carboxylic acids is 1. The summed E-state index contributed by atoms with van der Waals surface area (Å²) in [5.74, 6) is 0.431. The lowest BCUT2D eigenvalue weighted by molar-refractivity contribution is -0.122. The smallest absolute Gasteiger partial charge is 0.149 e. The number of pyridine rings is 1. The lowest BCUT2D eigenvalue weighted by atomic mass is 10.1. The van der Waals surface area contributed by atoms with Crippen LogP contribution < -0.4 is 0 Å². The molecule has 88 valence electrons. The predicted molar refractivity (Wildman–Crippen MR) is 65.3 cm³/mol. The van der Waals surface area contributed by atoms with Crippen LogP contribution in [-0.4, -0.2) is 35.8 Å². The number of ketones is 1. The summed E-state index contributed by atoms with van der Waals surface area (Å²) in [6.45, 7) is 5.34. The third-order valence-corrected chi connectivity index (χ3v) is 2.60. The Morgan fingerprint density at radius 3 is 2.56 bits per heavy atom. The zero-order chi connectivity index (χ0) is 12.0. The van der Waals surface area contributed by atoms with Crippen LogP contribution >= 0.6 is 0 Å². The van der Waals surface area contributed by atoms with Crippen LogP contribution in [0.2, 0.25) is 0 Å². The molecular weight excluding hydrogens is 200 g/mol. The summed E-state index contributed by atoms with van der Waals surface area (Å²) >= 11 is 0. The third kappa shape index (κ3) is 4.53. The van der Waals surface area contributed by atoms with E-state index in [1.165, 1.54) is 5.56 Å². The van der Waals surface area contributed by atoms with E-state index in [4.69, 9.17) is 0 Å². The van der Waals surface area contributed by atoms with Gasteiger partial charge in [0.25, 0.3) is 0 Å². The SMILES string of the molecule is CC(C)C(=O)CN(C)CCc1ccncc1. The number of carbonyl (C=O) groups is 1. The quantitative estimate of drug-likeness (QED) is 0.732. The average Bonchev–Trinajstić information content (AvgIpc) is 2.27. The molecule has 1 heterocycles. The van der Waals surface area contributed by atoms with Gasteiger partial charge >= 0.3 is 0 Å². The zero-order valence-electron chi connectivity index (χ0n) is 10.3. The molecule has 1 aromatic rings. The van der Waals surface area contributed by atoms with E-state index in [-0.39, 0.29) is 5.92 Å². The van der Waals surface area contributed by atoms with Gasteiger partial charge in [0.15, 0.2) is 0 Å². The minimum atomic E-state index is 0.128. The van der Waals surface area contributed by atoms with Gasteiger partial charge in [0.05, 0.1) is 6.54 Å². The lowest BCUT2D eigenvalue weighted by Crippen LogP contribution is -2.30. The van der Waals surface area contributed by atoms with E-state index >= 15 is 0 Å². The molecule has 0 aromatic carbocycles. The van der Waals surface area contributed by atoms with E-state index in [2.05, 4.69) is 9.88 Å². The summed E-state index contributed by atoms with van der Waals surface area (Å²) in [5, 5.41) is 0. The first kappa shape index (κ1) is 12.8. The van der Waals surface area contributed by atoms with E-state index in [0.29, 0.717) is 12.3 Å². The molecule has 0 N–H and O–H groups in total. The van der Waals surface area contributed by atoms with Gasteiger partial charge in [0.2, 0.25) is 0 Å². The number of hydrogen-bond donors (Lipinski definition) is 0. The van der Waals surface area contributed by atoms with Gasteiger partial charge in [-0.2, -0.15) is 0 Å². The highest BCUT2D eigenvalue weighted by Crippen LogP contribution is 2.00. The Morgan fingerprint density at radius 2 is 2.00 bits per heavy atom.